The molecule has 1 aromatic rings. The fraction of sp³-hybridized carbons (Fsp3) is 0.667. The van der Waals surface area contributed by atoms with Crippen molar-refractivity contribution < 1.29 is 29.4 Å². The van der Waals surface area contributed by atoms with Crippen LogP contribution in [0, 0.1) is 17.8 Å². The standard InChI is InChI=1S/C25H36N2O6.C5H12/c1-2-3-4-5-9-12-26-23(29)21(13-17-10-7-6-8-11-17)27-22(28)18-14-19(24(30)31)16-20(15-18)25(32)33;1-3-5-4-2/h6-8,10-11,18-21H,2-5,9,12-16H2,1H3,(H,26,29)(H,27,28)(H,30,31)(H,32,33);3-5H2,1-2H3/t18?,19?,20?,21-;/m0./s1. The topological polar surface area (TPSA) is 133 Å². The van der Waals surface area contributed by atoms with Gasteiger partial charge >= 0.3 is 11.9 Å². The van der Waals surface area contributed by atoms with Gasteiger partial charge in [0.1, 0.15) is 6.04 Å². The van der Waals surface area contributed by atoms with Crippen LogP contribution >= 0.6 is 0 Å². The fourth-order valence-electron chi connectivity index (χ4n) is 4.70. The SMILES string of the molecule is CCCCC.CCCCCCCNC(=O)[C@H](Cc1ccccc1)NC(=O)C1CC(C(=O)O)CC(C(=O)O)C1. The number of carboxylic acids is 2. The summed E-state index contributed by atoms with van der Waals surface area (Å²) in [7, 11) is 0. The molecule has 0 aromatic heterocycles. The zero-order valence-electron chi connectivity index (χ0n) is 23.4. The predicted molar refractivity (Wildman–Crippen MR) is 149 cm³/mol. The maximum atomic E-state index is 13.0. The van der Waals surface area contributed by atoms with Gasteiger partial charge in [-0.05, 0) is 31.2 Å². The molecule has 8 heteroatoms. The summed E-state index contributed by atoms with van der Waals surface area (Å²) >= 11 is 0. The third-order valence-corrected chi connectivity index (χ3v) is 6.98. The Morgan fingerprint density at radius 1 is 0.763 bits per heavy atom. The molecule has 0 spiro atoms. The number of carbonyl (C=O) groups excluding carboxylic acids is 2. The van der Waals surface area contributed by atoms with Crippen LogP contribution in [-0.4, -0.2) is 46.6 Å². The molecule has 2 unspecified atom stereocenters. The van der Waals surface area contributed by atoms with Crippen LogP contribution in [0.1, 0.15) is 97.0 Å². The summed E-state index contributed by atoms with van der Waals surface area (Å²) in [5.41, 5.74) is 0.886. The first-order chi connectivity index (χ1) is 18.2. The van der Waals surface area contributed by atoms with E-state index < -0.39 is 41.6 Å². The van der Waals surface area contributed by atoms with Gasteiger partial charge in [-0.3, -0.25) is 19.2 Å². The molecular weight excluding hydrogens is 484 g/mol. The first-order valence-corrected chi connectivity index (χ1v) is 14.3. The number of unbranched alkanes of at least 4 members (excludes halogenated alkanes) is 6. The number of rotatable bonds is 15. The Morgan fingerprint density at radius 3 is 1.79 bits per heavy atom. The molecule has 2 rings (SSSR count). The van der Waals surface area contributed by atoms with Crippen LogP contribution in [0.4, 0.5) is 0 Å². The number of carbonyl (C=O) groups is 4. The molecule has 1 saturated carbocycles. The number of nitrogens with one attached hydrogen (secondary N) is 2. The molecule has 38 heavy (non-hydrogen) atoms. The highest BCUT2D eigenvalue weighted by Crippen LogP contribution is 2.34. The minimum Gasteiger partial charge on any atom is -0.481 e. The van der Waals surface area contributed by atoms with E-state index in [1.807, 2.05) is 30.3 Å². The van der Waals surface area contributed by atoms with Gasteiger partial charge in [-0.15, -0.1) is 0 Å². The molecule has 8 nitrogen and oxygen atoms in total. The van der Waals surface area contributed by atoms with Crippen molar-refractivity contribution in [1.82, 2.24) is 10.6 Å². The van der Waals surface area contributed by atoms with Gasteiger partial charge in [-0.1, -0.05) is 96.0 Å². The molecule has 214 valence electrons. The van der Waals surface area contributed by atoms with Crippen LogP contribution in [0.3, 0.4) is 0 Å². The molecule has 0 bridgehead atoms. The molecule has 0 radical (unpaired) electrons. The van der Waals surface area contributed by atoms with Gasteiger partial charge in [0.05, 0.1) is 11.8 Å². The van der Waals surface area contributed by atoms with Crippen molar-refractivity contribution in [3.8, 4) is 0 Å². The summed E-state index contributed by atoms with van der Waals surface area (Å²) in [6, 6.07) is 8.51. The number of aliphatic carboxylic acids is 2. The lowest BCUT2D eigenvalue weighted by molar-refractivity contribution is -0.150. The smallest absolute Gasteiger partial charge is 0.306 e. The molecule has 0 aliphatic heterocycles. The second kappa shape index (κ2) is 19.2. The minimum absolute atomic E-state index is 0.0143. The van der Waals surface area contributed by atoms with Gasteiger partial charge in [-0.2, -0.15) is 0 Å². The molecule has 1 fully saturated rings. The highest BCUT2D eigenvalue weighted by molar-refractivity contribution is 5.89. The normalized spacial score (nSPS) is 19.4. The molecule has 0 heterocycles. The van der Waals surface area contributed by atoms with E-state index in [0.29, 0.717) is 13.0 Å². The molecule has 0 saturated heterocycles. The van der Waals surface area contributed by atoms with Crippen LogP contribution in [0.2, 0.25) is 0 Å². The van der Waals surface area contributed by atoms with E-state index in [2.05, 4.69) is 31.4 Å². The summed E-state index contributed by atoms with van der Waals surface area (Å²) in [5.74, 6) is -5.49. The van der Waals surface area contributed by atoms with Crippen molar-refractivity contribution in [3.63, 3.8) is 0 Å². The van der Waals surface area contributed by atoms with Crippen LogP contribution in [-0.2, 0) is 25.6 Å². The van der Waals surface area contributed by atoms with Crippen LogP contribution in [0.15, 0.2) is 30.3 Å². The predicted octanol–water partition coefficient (Wildman–Crippen LogP) is 5.20. The Labute approximate surface area is 228 Å². The number of hydrogen-bond donors (Lipinski definition) is 4. The van der Waals surface area contributed by atoms with Gasteiger partial charge in [0.2, 0.25) is 11.8 Å². The van der Waals surface area contributed by atoms with E-state index in [9.17, 15) is 29.4 Å². The number of amides is 2. The summed E-state index contributed by atoms with van der Waals surface area (Å²) in [6.07, 6.45) is 9.85. The van der Waals surface area contributed by atoms with E-state index in [-0.39, 0.29) is 25.2 Å². The minimum atomic E-state index is -1.10. The van der Waals surface area contributed by atoms with Gasteiger partial charge in [0.25, 0.3) is 0 Å². The van der Waals surface area contributed by atoms with Gasteiger partial charge < -0.3 is 20.8 Å². The number of hydrogen-bond acceptors (Lipinski definition) is 4. The van der Waals surface area contributed by atoms with Crippen molar-refractivity contribution in [1.29, 1.82) is 0 Å². The van der Waals surface area contributed by atoms with E-state index in [4.69, 9.17) is 0 Å². The average Bonchev–Trinajstić information content (AvgIpc) is 2.91. The first kappa shape index (κ1) is 33.1. The van der Waals surface area contributed by atoms with Crippen LogP contribution in [0.25, 0.3) is 0 Å². The average molecular weight is 533 g/mol. The summed E-state index contributed by atoms with van der Waals surface area (Å²) in [5, 5.41) is 24.5. The molecule has 3 atom stereocenters. The third kappa shape index (κ3) is 13.1. The van der Waals surface area contributed by atoms with Crippen LogP contribution < -0.4 is 10.6 Å². The van der Waals surface area contributed by atoms with Crippen molar-refractivity contribution in [2.45, 2.75) is 104 Å². The quantitative estimate of drug-likeness (QED) is 0.230. The summed E-state index contributed by atoms with van der Waals surface area (Å²) < 4.78 is 0. The Bertz CT molecular complexity index is 820. The van der Waals surface area contributed by atoms with E-state index in [0.717, 1.165) is 37.7 Å². The lowest BCUT2D eigenvalue weighted by Gasteiger charge is -2.31. The van der Waals surface area contributed by atoms with Gasteiger partial charge in [-0.25, -0.2) is 0 Å². The maximum Gasteiger partial charge on any atom is 0.306 e. The second-order valence-electron chi connectivity index (χ2n) is 10.3. The molecular formula is C30H48N2O6. The zero-order chi connectivity index (χ0) is 28.3. The van der Waals surface area contributed by atoms with Crippen molar-refractivity contribution in [3.05, 3.63) is 35.9 Å². The summed E-state index contributed by atoms with van der Waals surface area (Å²) in [6.45, 7) is 7.09. The summed E-state index contributed by atoms with van der Waals surface area (Å²) in [4.78, 5) is 48.9. The lowest BCUT2D eigenvalue weighted by Crippen LogP contribution is -2.51. The van der Waals surface area contributed by atoms with E-state index in [1.165, 1.54) is 19.3 Å². The van der Waals surface area contributed by atoms with Gasteiger partial charge in [0, 0.05) is 18.9 Å². The second-order valence-corrected chi connectivity index (χ2v) is 10.3. The highest BCUT2D eigenvalue weighted by atomic mass is 16.4. The van der Waals surface area contributed by atoms with E-state index >= 15 is 0 Å². The largest absolute Gasteiger partial charge is 0.481 e. The Morgan fingerprint density at radius 2 is 1.29 bits per heavy atom. The zero-order valence-corrected chi connectivity index (χ0v) is 23.4. The lowest BCUT2D eigenvalue weighted by atomic mass is 9.74. The molecule has 1 aliphatic rings. The Hall–Kier alpha value is -2.90. The van der Waals surface area contributed by atoms with Crippen molar-refractivity contribution in [2.75, 3.05) is 6.54 Å². The molecule has 2 amide bonds. The maximum absolute atomic E-state index is 13.0. The monoisotopic (exact) mass is 532 g/mol. The van der Waals surface area contributed by atoms with Gasteiger partial charge in [0.15, 0.2) is 0 Å². The highest BCUT2D eigenvalue weighted by Gasteiger charge is 2.39. The van der Waals surface area contributed by atoms with Crippen molar-refractivity contribution >= 4 is 23.8 Å². The number of carboxylic acid groups (broad SMARTS) is 2. The van der Waals surface area contributed by atoms with E-state index in [1.54, 1.807) is 0 Å². The molecule has 1 aromatic carbocycles. The first-order valence-electron chi connectivity index (χ1n) is 14.3. The van der Waals surface area contributed by atoms with Crippen LogP contribution in [0.5, 0.6) is 0 Å². The van der Waals surface area contributed by atoms with Crippen molar-refractivity contribution in [2.24, 2.45) is 17.8 Å². The third-order valence-electron chi connectivity index (χ3n) is 6.98. The Balaban J connectivity index is 0.00000132. The number of benzene rings is 1. The molecule has 1 aliphatic carbocycles. The molecule has 4 N–H and O–H groups in total. The Kier molecular flexibility index (Phi) is 16.7. The fourth-order valence-corrected chi connectivity index (χ4v) is 4.70.